The molecule has 0 saturated carbocycles. The number of methoxy groups -OCH3 is 1. The summed E-state index contributed by atoms with van der Waals surface area (Å²) in [5.74, 6) is 5.45. The second-order valence-electron chi connectivity index (χ2n) is 4.67. The van der Waals surface area contributed by atoms with Crippen LogP contribution >= 0.6 is 15.9 Å². The van der Waals surface area contributed by atoms with Crippen LogP contribution in [0.15, 0.2) is 40.9 Å². The molecule has 0 aliphatic heterocycles. The minimum Gasteiger partial charge on any atom is -0.494 e. The third kappa shape index (κ3) is 3.72. The van der Waals surface area contributed by atoms with E-state index in [1.807, 2.05) is 12.1 Å². The molecule has 5 N–H and O–H groups in total. The van der Waals surface area contributed by atoms with Gasteiger partial charge in [0.05, 0.1) is 13.2 Å². The number of nitrogen functional groups attached to an aromatic ring is 1. The molecule has 1 unspecified atom stereocenters. The first kappa shape index (κ1) is 15.8. The van der Waals surface area contributed by atoms with Crippen molar-refractivity contribution in [2.75, 3.05) is 12.8 Å². The molecular formula is C15H17BrFN3O. The van der Waals surface area contributed by atoms with Crippen LogP contribution in [0.2, 0.25) is 0 Å². The van der Waals surface area contributed by atoms with E-state index in [1.54, 1.807) is 18.2 Å². The highest BCUT2D eigenvalue weighted by atomic mass is 79.9. The van der Waals surface area contributed by atoms with E-state index in [0.29, 0.717) is 12.1 Å². The van der Waals surface area contributed by atoms with Gasteiger partial charge in [-0.05, 0) is 47.9 Å². The number of ether oxygens (including phenoxy) is 1. The van der Waals surface area contributed by atoms with E-state index in [9.17, 15) is 4.39 Å². The van der Waals surface area contributed by atoms with Crippen molar-refractivity contribution in [2.45, 2.75) is 12.5 Å². The van der Waals surface area contributed by atoms with E-state index in [-0.39, 0.29) is 11.8 Å². The zero-order chi connectivity index (χ0) is 15.4. The van der Waals surface area contributed by atoms with Gasteiger partial charge in [0.2, 0.25) is 0 Å². The van der Waals surface area contributed by atoms with Gasteiger partial charge >= 0.3 is 0 Å². The summed E-state index contributed by atoms with van der Waals surface area (Å²) in [5.41, 5.74) is 11.0. The van der Waals surface area contributed by atoms with E-state index in [2.05, 4.69) is 21.4 Å². The standard InChI is InChI=1S/C15H17BrFN3O/c1-21-15-5-2-9(6-12(15)17)7-14(20-19)11-8-10(16)3-4-13(11)18/h2-6,8,14,20H,7,18-19H2,1H3. The molecule has 0 aromatic heterocycles. The summed E-state index contributed by atoms with van der Waals surface area (Å²) in [5, 5.41) is 0. The van der Waals surface area contributed by atoms with Crippen LogP contribution in [0.4, 0.5) is 10.1 Å². The summed E-state index contributed by atoms with van der Waals surface area (Å²) >= 11 is 3.41. The minimum absolute atomic E-state index is 0.213. The Morgan fingerprint density at radius 1 is 1.29 bits per heavy atom. The van der Waals surface area contributed by atoms with Crippen LogP contribution in [0.3, 0.4) is 0 Å². The molecule has 0 heterocycles. The van der Waals surface area contributed by atoms with Crippen LogP contribution in [-0.2, 0) is 6.42 Å². The fourth-order valence-corrected chi connectivity index (χ4v) is 2.56. The molecule has 0 radical (unpaired) electrons. The molecule has 4 nitrogen and oxygen atoms in total. The van der Waals surface area contributed by atoms with Crippen molar-refractivity contribution >= 4 is 21.6 Å². The quantitative estimate of drug-likeness (QED) is 0.439. The Morgan fingerprint density at radius 2 is 2.05 bits per heavy atom. The van der Waals surface area contributed by atoms with Gasteiger partial charge in [-0.1, -0.05) is 22.0 Å². The normalized spacial score (nSPS) is 12.2. The van der Waals surface area contributed by atoms with Gasteiger partial charge in [-0.3, -0.25) is 11.3 Å². The van der Waals surface area contributed by atoms with Gasteiger partial charge in [0.1, 0.15) is 0 Å². The summed E-state index contributed by atoms with van der Waals surface area (Å²) in [6, 6.07) is 10.2. The number of nitrogens with one attached hydrogen (secondary N) is 1. The fraction of sp³-hybridized carbons (Fsp3) is 0.200. The Labute approximate surface area is 131 Å². The molecule has 2 aromatic carbocycles. The number of benzene rings is 2. The third-order valence-electron chi connectivity index (χ3n) is 3.28. The first-order chi connectivity index (χ1) is 10.0. The molecule has 0 aliphatic rings. The second-order valence-corrected chi connectivity index (χ2v) is 5.58. The molecule has 112 valence electrons. The predicted octanol–water partition coefficient (Wildman–Crippen LogP) is 2.93. The average Bonchev–Trinajstić information content (AvgIpc) is 2.47. The van der Waals surface area contributed by atoms with Crippen LogP contribution in [0.5, 0.6) is 5.75 Å². The van der Waals surface area contributed by atoms with Gasteiger partial charge in [0, 0.05) is 10.2 Å². The zero-order valence-corrected chi connectivity index (χ0v) is 13.2. The summed E-state index contributed by atoms with van der Waals surface area (Å²) in [6.45, 7) is 0. The molecule has 21 heavy (non-hydrogen) atoms. The van der Waals surface area contributed by atoms with E-state index < -0.39 is 5.82 Å². The molecule has 0 spiro atoms. The smallest absolute Gasteiger partial charge is 0.165 e. The Bertz CT molecular complexity index is 636. The fourth-order valence-electron chi connectivity index (χ4n) is 2.18. The number of hydrogen-bond acceptors (Lipinski definition) is 4. The molecule has 0 fully saturated rings. The Balaban J connectivity index is 2.26. The largest absolute Gasteiger partial charge is 0.494 e. The first-order valence-corrected chi connectivity index (χ1v) is 7.18. The molecular weight excluding hydrogens is 337 g/mol. The lowest BCUT2D eigenvalue weighted by Gasteiger charge is -2.19. The van der Waals surface area contributed by atoms with Crippen LogP contribution in [0, 0.1) is 5.82 Å². The van der Waals surface area contributed by atoms with Crippen LogP contribution in [0.25, 0.3) is 0 Å². The molecule has 0 saturated heterocycles. The van der Waals surface area contributed by atoms with Gasteiger partial charge in [0.15, 0.2) is 11.6 Å². The summed E-state index contributed by atoms with van der Waals surface area (Å²) in [6.07, 6.45) is 0.512. The second kappa shape index (κ2) is 6.89. The van der Waals surface area contributed by atoms with Gasteiger partial charge in [-0.15, -0.1) is 0 Å². The van der Waals surface area contributed by atoms with E-state index in [1.165, 1.54) is 13.2 Å². The number of rotatable bonds is 5. The summed E-state index contributed by atoms with van der Waals surface area (Å²) in [7, 11) is 1.44. The maximum atomic E-state index is 13.7. The Morgan fingerprint density at radius 3 is 2.67 bits per heavy atom. The minimum atomic E-state index is -0.395. The lowest BCUT2D eigenvalue weighted by Crippen LogP contribution is -2.30. The topological polar surface area (TPSA) is 73.3 Å². The van der Waals surface area contributed by atoms with E-state index in [0.717, 1.165) is 15.6 Å². The maximum absolute atomic E-state index is 13.7. The van der Waals surface area contributed by atoms with Gasteiger partial charge < -0.3 is 10.5 Å². The molecule has 0 amide bonds. The summed E-state index contributed by atoms with van der Waals surface area (Å²) < 4.78 is 19.6. The molecule has 6 heteroatoms. The lowest BCUT2D eigenvalue weighted by atomic mass is 9.98. The van der Waals surface area contributed by atoms with Crippen molar-refractivity contribution in [2.24, 2.45) is 5.84 Å². The predicted molar refractivity (Wildman–Crippen MR) is 85.3 cm³/mol. The van der Waals surface area contributed by atoms with Gasteiger partial charge in [-0.2, -0.15) is 0 Å². The van der Waals surface area contributed by atoms with E-state index >= 15 is 0 Å². The van der Waals surface area contributed by atoms with Crippen LogP contribution < -0.4 is 21.7 Å². The molecule has 2 aromatic rings. The maximum Gasteiger partial charge on any atom is 0.165 e. The van der Waals surface area contributed by atoms with Crippen molar-refractivity contribution in [3.63, 3.8) is 0 Å². The van der Waals surface area contributed by atoms with Crippen molar-refractivity contribution in [3.8, 4) is 5.75 Å². The first-order valence-electron chi connectivity index (χ1n) is 6.38. The van der Waals surface area contributed by atoms with E-state index in [4.69, 9.17) is 16.3 Å². The molecule has 2 rings (SSSR count). The number of hydrogen-bond donors (Lipinski definition) is 3. The highest BCUT2D eigenvalue weighted by molar-refractivity contribution is 9.10. The Kier molecular flexibility index (Phi) is 5.17. The molecule has 0 aliphatic carbocycles. The SMILES string of the molecule is COc1ccc(CC(NN)c2cc(Br)ccc2N)cc1F. The van der Waals surface area contributed by atoms with Crippen LogP contribution in [-0.4, -0.2) is 7.11 Å². The van der Waals surface area contributed by atoms with Gasteiger partial charge in [-0.25, -0.2) is 4.39 Å². The number of nitrogens with two attached hydrogens (primary N) is 2. The van der Waals surface area contributed by atoms with Crippen molar-refractivity contribution < 1.29 is 9.13 Å². The number of halogens is 2. The zero-order valence-electron chi connectivity index (χ0n) is 11.6. The monoisotopic (exact) mass is 353 g/mol. The highest BCUT2D eigenvalue weighted by Crippen LogP contribution is 2.28. The van der Waals surface area contributed by atoms with Crippen molar-refractivity contribution in [1.29, 1.82) is 0 Å². The summed E-state index contributed by atoms with van der Waals surface area (Å²) in [4.78, 5) is 0. The van der Waals surface area contributed by atoms with Gasteiger partial charge in [0.25, 0.3) is 0 Å². The highest BCUT2D eigenvalue weighted by Gasteiger charge is 2.15. The molecule has 0 bridgehead atoms. The van der Waals surface area contributed by atoms with Crippen LogP contribution in [0.1, 0.15) is 17.2 Å². The third-order valence-corrected chi connectivity index (χ3v) is 3.77. The molecule has 1 atom stereocenters. The van der Waals surface area contributed by atoms with Crippen molar-refractivity contribution in [1.82, 2.24) is 5.43 Å². The number of anilines is 1. The van der Waals surface area contributed by atoms with Crippen molar-refractivity contribution in [3.05, 3.63) is 57.8 Å². The number of hydrazine groups is 1. The Hall–Kier alpha value is -1.63. The average molecular weight is 354 g/mol. The lowest BCUT2D eigenvalue weighted by molar-refractivity contribution is 0.386.